The predicted molar refractivity (Wildman–Crippen MR) is 195 cm³/mol. The molecule has 2 aromatic carbocycles. The molecule has 2 fully saturated rings. The number of amides is 1. The summed E-state index contributed by atoms with van der Waals surface area (Å²) in [4.78, 5) is 15.6. The van der Waals surface area contributed by atoms with Gasteiger partial charge in [-0.15, -0.1) is 0 Å². The summed E-state index contributed by atoms with van der Waals surface area (Å²) < 4.78 is 16.2. The van der Waals surface area contributed by atoms with E-state index < -0.39 is 12.3 Å². The SMILES string of the molecule is CCCCCCCCCCCC(=O)N(CCCC[C@@H]1Cc2cc(O)ccc2[C@@H]2[C@@H]1[C@@H]1CC[C@H](O)[C@@]1(C)C[C@@H]2F)CCCc1ccccc1. The number of phenolic OH excluding ortho intramolecular Hbond substituents is 1. The number of phenols is 1. The number of carbonyl (C=O) groups is 1. The summed E-state index contributed by atoms with van der Waals surface area (Å²) in [5, 5.41) is 21.3. The highest BCUT2D eigenvalue weighted by molar-refractivity contribution is 5.76. The Kier molecular flexibility index (Phi) is 13.8. The van der Waals surface area contributed by atoms with Crippen LogP contribution in [-0.2, 0) is 17.6 Å². The maximum atomic E-state index is 16.2. The van der Waals surface area contributed by atoms with Crippen LogP contribution in [0.5, 0.6) is 5.75 Å². The molecule has 3 aliphatic carbocycles. The topological polar surface area (TPSA) is 60.8 Å². The van der Waals surface area contributed by atoms with Gasteiger partial charge in [0.1, 0.15) is 11.9 Å². The number of alkyl halides is 1. The van der Waals surface area contributed by atoms with Gasteiger partial charge in [-0.3, -0.25) is 4.79 Å². The van der Waals surface area contributed by atoms with Crippen LogP contribution in [0.4, 0.5) is 4.39 Å². The number of aromatic hydroxyl groups is 1. The average molecular weight is 662 g/mol. The van der Waals surface area contributed by atoms with Gasteiger partial charge >= 0.3 is 0 Å². The minimum absolute atomic E-state index is 0.157. The molecule has 0 aliphatic heterocycles. The Labute approximate surface area is 290 Å². The van der Waals surface area contributed by atoms with Crippen LogP contribution >= 0.6 is 0 Å². The lowest BCUT2D eigenvalue weighted by atomic mass is 9.51. The second-order valence-electron chi connectivity index (χ2n) is 15.9. The van der Waals surface area contributed by atoms with Gasteiger partial charge in [0.25, 0.3) is 0 Å². The Bertz CT molecular complexity index is 1270. The smallest absolute Gasteiger partial charge is 0.222 e. The molecule has 5 heteroatoms. The first kappa shape index (κ1) is 36.9. The zero-order valence-electron chi connectivity index (χ0n) is 30.1. The summed E-state index contributed by atoms with van der Waals surface area (Å²) in [6, 6.07) is 16.1. The van der Waals surface area contributed by atoms with E-state index in [2.05, 4.69) is 49.1 Å². The quantitative estimate of drug-likeness (QED) is 0.147. The van der Waals surface area contributed by atoms with Crippen LogP contribution in [0.3, 0.4) is 0 Å². The molecule has 0 aromatic heterocycles. The largest absolute Gasteiger partial charge is 0.508 e. The summed E-state index contributed by atoms with van der Waals surface area (Å²) in [7, 11) is 0. The van der Waals surface area contributed by atoms with Crippen LogP contribution < -0.4 is 0 Å². The fourth-order valence-electron chi connectivity index (χ4n) is 9.97. The first-order valence-electron chi connectivity index (χ1n) is 19.8. The van der Waals surface area contributed by atoms with E-state index in [4.69, 9.17) is 0 Å². The van der Waals surface area contributed by atoms with Crippen LogP contribution in [0.2, 0.25) is 0 Å². The third-order valence-corrected chi connectivity index (χ3v) is 12.6. The van der Waals surface area contributed by atoms with Crippen LogP contribution in [0.1, 0.15) is 146 Å². The fourth-order valence-corrected chi connectivity index (χ4v) is 9.97. The fraction of sp³-hybridized carbons (Fsp3) is 0.698. The van der Waals surface area contributed by atoms with E-state index in [9.17, 15) is 15.0 Å². The number of nitrogens with zero attached hydrogens (tertiary/aromatic N) is 1. The van der Waals surface area contributed by atoms with Crippen molar-refractivity contribution in [2.24, 2.45) is 23.2 Å². The molecule has 0 saturated heterocycles. The van der Waals surface area contributed by atoms with Gasteiger partial charge in [-0.2, -0.15) is 0 Å². The van der Waals surface area contributed by atoms with Crippen molar-refractivity contribution >= 4 is 5.91 Å². The van der Waals surface area contributed by atoms with Crippen LogP contribution in [0.15, 0.2) is 48.5 Å². The van der Waals surface area contributed by atoms with Crippen molar-refractivity contribution in [1.82, 2.24) is 4.90 Å². The molecular weight excluding hydrogens is 597 g/mol. The molecule has 3 aliphatic rings. The summed E-state index contributed by atoms with van der Waals surface area (Å²) in [5.41, 5.74) is 3.15. The van der Waals surface area contributed by atoms with Crippen molar-refractivity contribution in [3.63, 3.8) is 0 Å². The molecule has 1 amide bonds. The average Bonchev–Trinajstić information content (AvgIpc) is 3.37. The van der Waals surface area contributed by atoms with E-state index in [1.807, 2.05) is 12.1 Å². The molecule has 0 radical (unpaired) electrons. The molecular formula is C43H64FNO3. The molecule has 0 unspecified atom stereocenters. The van der Waals surface area contributed by atoms with Crippen molar-refractivity contribution in [3.05, 3.63) is 65.2 Å². The molecule has 4 nitrogen and oxygen atoms in total. The zero-order valence-corrected chi connectivity index (χ0v) is 30.1. The van der Waals surface area contributed by atoms with E-state index in [1.165, 1.54) is 50.5 Å². The van der Waals surface area contributed by atoms with Crippen LogP contribution in [0.25, 0.3) is 0 Å². The Morgan fingerprint density at radius 2 is 1.60 bits per heavy atom. The second-order valence-corrected chi connectivity index (χ2v) is 15.9. The monoisotopic (exact) mass is 661 g/mol. The molecule has 0 heterocycles. The molecule has 2 saturated carbocycles. The predicted octanol–water partition coefficient (Wildman–Crippen LogP) is 10.3. The third-order valence-electron chi connectivity index (χ3n) is 12.6. The highest BCUT2D eigenvalue weighted by Gasteiger charge is 2.59. The number of aliphatic hydroxyl groups is 1. The van der Waals surface area contributed by atoms with Crippen molar-refractivity contribution in [1.29, 1.82) is 0 Å². The first-order chi connectivity index (χ1) is 23.3. The molecule has 48 heavy (non-hydrogen) atoms. The van der Waals surface area contributed by atoms with Crippen molar-refractivity contribution in [2.45, 2.75) is 154 Å². The molecule has 2 N–H and O–H groups in total. The minimum Gasteiger partial charge on any atom is -0.508 e. The number of halogens is 1. The maximum Gasteiger partial charge on any atom is 0.222 e. The zero-order chi connectivity index (χ0) is 33.9. The van der Waals surface area contributed by atoms with Gasteiger partial charge in [-0.05, 0) is 110 Å². The first-order valence-corrected chi connectivity index (χ1v) is 19.8. The number of benzene rings is 2. The van der Waals surface area contributed by atoms with E-state index >= 15 is 4.39 Å². The third kappa shape index (κ3) is 9.23. The van der Waals surface area contributed by atoms with E-state index in [0.717, 1.165) is 88.4 Å². The summed E-state index contributed by atoms with van der Waals surface area (Å²) >= 11 is 0. The van der Waals surface area contributed by atoms with Crippen molar-refractivity contribution < 1.29 is 19.4 Å². The number of aryl methyl sites for hydroxylation is 1. The van der Waals surface area contributed by atoms with Crippen molar-refractivity contribution in [3.8, 4) is 5.75 Å². The van der Waals surface area contributed by atoms with E-state index in [0.29, 0.717) is 30.6 Å². The number of carbonyl (C=O) groups excluding carboxylic acids is 1. The Morgan fingerprint density at radius 1 is 0.896 bits per heavy atom. The highest BCUT2D eigenvalue weighted by Crippen LogP contribution is 2.63. The summed E-state index contributed by atoms with van der Waals surface area (Å²) in [5.74, 6) is 1.26. The molecule has 0 bridgehead atoms. The normalized spacial score (nSPS) is 27.7. The number of fused-ring (bicyclic) bond motifs is 5. The van der Waals surface area contributed by atoms with Gasteiger partial charge < -0.3 is 15.1 Å². The molecule has 0 spiro atoms. The van der Waals surface area contributed by atoms with Gasteiger partial charge in [-0.25, -0.2) is 4.39 Å². The number of hydrogen-bond donors (Lipinski definition) is 2. The standard InChI is InChI=1S/C43H64FNO3/c1-3-4-5-6-7-8-9-10-14-22-40(48)45(28-17-20-32-18-12-11-13-19-32)27-16-15-21-33-29-34-30-35(46)23-24-36(34)42-38(44)31-43(2)37(41(33)42)25-26-39(43)47/h11-13,18-19,23-24,30,33,37-39,41-42,46-47H,3-10,14-17,20-22,25-29,31H2,1-2H3/t33-,37+,38+,39+,41+,42+,43+/m1/s1. The number of aliphatic hydroxyl groups excluding tert-OH is 1. The number of rotatable bonds is 19. The number of hydrogen-bond acceptors (Lipinski definition) is 3. The molecule has 2 aromatic rings. The van der Waals surface area contributed by atoms with Crippen molar-refractivity contribution in [2.75, 3.05) is 13.1 Å². The Hall–Kier alpha value is -2.40. The second kappa shape index (κ2) is 18.0. The lowest BCUT2D eigenvalue weighted by Gasteiger charge is -2.54. The van der Waals surface area contributed by atoms with Gasteiger partial charge in [0.2, 0.25) is 5.91 Å². The van der Waals surface area contributed by atoms with Crippen LogP contribution in [-0.4, -0.2) is 46.4 Å². The van der Waals surface area contributed by atoms with Gasteiger partial charge in [0, 0.05) is 25.4 Å². The van der Waals surface area contributed by atoms with Gasteiger partial charge in [0.15, 0.2) is 0 Å². The lowest BCUT2D eigenvalue weighted by Crippen LogP contribution is -2.51. The highest BCUT2D eigenvalue weighted by atomic mass is 19.1. The molecule has 266 valence electrons. The van der Waals surface area contributed by atoms with E-state index in [1.54, 1.807) is 6.07 Å². The molecule has 5 rings (SSSR count). The van der Waals surface area contributed by atoms with E-state index in [-0.39, 0.29) is 23.0 Å². The maximum absolute atomic E-state index is 16.2. The molecule has 7 atom stereocenters. The Morgan fingerprint density at radius 3 is 2.35 bits per heavy atom. The van der Waals surface area contributed by atoms with Gasteiger partial charge in [-0.1, -0.05) is 108 Å². The summed E-state index contributed by atoms with van der Waals surface area (Å²) in [6.45, 7) is 5.98. The lowest BCUT2D eigenvalue weighted by molar-refractivity contribution is -0.131. The summed E-state index contributed by atoms with van der Waals surface area (Å²) in [6.07, 6.45) is 18.5. The van der Waals surface area contributed by atoms with Gasteiger partial charge in [0.05, 0.1) is 6.10 Å². The Balaban J connectivity index is 1.17. The van der Waals surface area contributed by atoms with Crippen LogP contribution in [0, 0.1) is 23.2 Å². The number of unbranched alkanes of at least 4 members (excludes halogenated alkanes) is 9. The minimum atomic E-state index is -0.978.